The van der Waals surface area contributed by atoms with E-state index in [2.05, 4.69) is 118 Å². The number of imidazole rings is 1. The van der Waals surface area contributed by atoms with Gasteiger partial charge in [-0.05, 0) is 89.0 Å². The number of aryl methyl sites for hydroxylation is 1. The molecule has 0 aliphatic heterocycles. The molecule has 0 saturated carbocycles. The van der Waals surface area contributed by atoms with Crippen LogP contribution in [0.1, 0.15) is 86.8 Å². The van der Waals surface area contributed by atoms with Crippen molar-refractivity contribution in [1.82, 2.24) is 19.5 Å². The number of nitrogens with zero attached hydrogens (tertiary/aromatic N) is 4. The van der Waals surface area contributed by atoms with Crippen LogP contribution in [-0.4, -0.2) is 19.5 Å². The third-order valence-electron chi connectivity index (χ3n) is 12.0. The molecule has 0 atom stereocenters. The number of rotatable bonds is 6. The summed E-state index contributed by atoms with van der Waals surface area (Å²) in [6.07, 6.45) is 1.81. The molecule has 7 heteroatoms. The minimum atomic E-state index is -2.38. The number of furan rings is 2. The minimum absolute atomic E-state index is 0. The average molecular weight is 1030 g/mol. The Kier molecular flexibility index (Phi) is 10.7. The minimum Gasteiger partial charge on any atom is -0.500 e. The maximum Gasteiger partial charge on any atom is 0.139 e. The Hall–Kier alpha value is -6.66. The first-order chi connectivity index (χ1) is 32.2. The van der Waals surface area contributed by atoms with E-state index >= 15 is 0 Å². The van der Waals surface area contributed by atoms with Gasteiger partial charge in [0, 0.05) is 58.0 Å². The van der Waals surface area contributed by atoms with E-state index in [0.29, 0.717) is 28.0 Å². The summed E-state index contributed by atoms with van der Waals surface area (Å²) in [6.45, 7) is 12.8. The Labute approximate surface area is 398 Å². The molecule has 11 rings (SSSR count). The van der Waals surface area contributed by atoms with Crippen LogP contribution in [0.25, 0.3) is 94.5 Å². The molecule has 0 unspecified atom stereocenters. The first-order valence-corrected chi connectivity index (χ1v) is 21.9. The molecule has 6 nitrogen and oxygen atoms in total. The van der Waals surface area contributed by atoms with Crippen molar-refractivity contribution in [2.75, 3.05) is 0 Å². The van der Waals surface area contributed by atoms with E-state index in [1.807, 2.05) is 91.1 Å². The molecule has 4 aromatic heterocycles. The molecule has 0 fully saturated rings. The van der Waals surface area contributed by atoms with Crippen molar-refractivity contribution in [2.24, 2.45) is 0 Å². The Morgan fingerprint density at radius 1 is 0.646 bits per heavy atom. The zero-order valence-corrected chi connectivity index (χ0v) is 39.8. The molecular formula is C58H50IrN4O2-2. The maximum absolute atomic E-state index is 8.64. The number of aromatic nitrogens is 4. The third kappa shape index (κ3) is 7.87. The number of para-hydroxylation sites is 2. The van der Waals surface area contributed by atoms with E-state index in [4.69, 9.17) is 17.9 Å². The van der Waals surface area contributed by atoms with Gasteiger partial charge in [-0.3, -0.25) is 15.0 Å². The fraction of sp³-hybridized carbons (Fsp3) is 0.190. The Morgan fingerprint density at radius 3 is 2.11 bits per heavy atom. The fourth-order valence-corrected chi connectivity index (χ4v) is 8.74. The van der Waals surface area contributed by atoms with E-state index in [1.54, 1.807) is 12.1 Å². The molecule has 0 aliphatic carbocycles. The summed E-state index contributed by atoms with van der Waals surface area (Å²) in [6, 6.07) is 52.6. The Balaban J connectivity index is 0.000000289. The predicted molar refractivity (Wildman–Crippen MR) is 263 cm³/mol. The topological polar surface area (TPSA) is 69.9 Å². The smallest absolute Gasteiger partial charge is 0.139 e. The Morgan fingerprint density at radius 2 is 1.38 bits per heavy atom. The van der Waals surface area contributed by atoms with Gasteiger partial charge in [-0.1, -0.05) is 120 Å². The molecule has 7 aromatic carbocycles. The maximum atomic E-state index is 8.64. The van der Waals surface area contributed by atoms with Crippen molar-refractivity contribution in [2.45, 2.75) is 72.6 Å². The molecule has 325 valence electrons. The second-order valence-corrected chi connectivity index (χ2v) is 18.0. The van der Waals surface area contributed by atoms with Crippen molar-refractivity contribution in [3.05, 3.63) is 180 Å². The Bertz CT molecular complexity index is 3590. The van der Waals surface area contributed by atoms with Crippen LogP contribution in [0.4, 0.5) is 0 Å². The van der Waals surface area contributed by atoms with Crippen molar-refractivity contribution in [1.29, 1.82) is 0 Å². The van der Waals surface area contributed by atoms with E-state index < -0.39 is 6.85 Å². The molecule has 0 saturated heterocycles. The number of hydrogen-bond donors (Lipinski definition) is 0. The molecule has 1 radical (unpaired) electrons. The van der Waals surface area contributed by atoms with Gasteiger partial charge >= 0.3 is 0 Å². The summed E-state index contributed by atoms with van der Waals surface area (Å²) >= 11 is 0. The van der Waals surface area contributed by atoms with Gasteiger partial charge in [0.25, 0.3) is 0 Å². The molecule has 0 N–H and O–H groups in total. The van der Waals surface area contributed by atoms with Crippen LogP contribution in [0.15, 0.2) is 155 Å². The molecular weight excluding hydrogens is 977 g/mol. The van der Waals surface area contributed by atoms with Crippen LogP contribution >= 0.6 is 0 Å². The van der Waals surface area contributed by atoms with Crippen LogP contribution in [0.3, 0.4) is 0 Å². The summed E-state index contributed by atoms with van der Waals surface area (Å²) in [4.78, 5) is 14.1. The second kappa shape index (κ2) is 17.4. The molecule has 0 amide bonds. The third-order valence-corrected chi connectivity index (χ3v) is 12.0. The molecule has 0 aliphatic rings. The van der Waals surface area contributed by atoms with E-state index in [-0.39, 0.29) is 42.9 Å². The summed E-state index contributed by atoms with van der Waals surface area (Å²) in [5.41, 5.74) is 12.4. The monoisotopic (exact) mass is 1030 g/mol. The van der Waals surface area contributed by atoms with Crippen LogP contribution < -0.4 is 0 Å². The van der Waals surface area contributed by atoms with Crippen molar-refractivity contribution >= 4 is 54.9 Å². The molecule has 4 heterocycles. The normalized spacial score (nSPS) is 12.7. The van der Waals surface area contributed by atoms with Gasteiger partial charge in [0.05, 0.1) is 33.7 Å². The summed E-state index contributed by atoms with van der Waals surface area (Å²) < 4.78 is 41.1. The molecule has 0 bridgehead atoms. The number of hydrogen-bond acceptors (Lipinski definition) is 5. The van der Waals surface area contributed by atoms with Crippen molar-refractivity contribution < 1.29 is 33.1 Å². The van der Waals surface area contributed by atoms with E-state index in [9.17, 15) is 0 Å². The SMILES string of the molecule is CC(C)(C)c1ccnc(-c2[c-]cccc2)n1.[2H]C([2H])([2H])c1cccc2nc(-c3[c-]ccc4c3oc3c4ccc4oc5ccccc5c43)n(-c3c(C(C)C)cc(-c4ccccc4)cc3C(C)C)c12.[Ir]. The zero-order valence-electron chi connectivity index (χ0n) is 40.4. The standard InChI is InChI=1S/C44H35N2O2.C14H15N2.Ir/c1-25(2)34-23-29(28-14-7-6-8-15-28)24-35(26(3)4)41(34)46-40-27(5)13-11-19-36(40)45-44(46)33-18-12-17-30-31-21-22-38-39(43(31)48-42(30)33)32-16-9-10-20-37(32)47-38;1-14(2,3)12-9-10-15-13(16-12)11-7-5-4-6-8-11;/h6-17,19-26H,1-5H3;4-7,9-10H,1-3H3;/q2*-1;/i5D3;;. The number of benzene rings is 7. The molecule has 0 spiro atoms. The zero-order chi connectivity index (χ0) is 46.8. The van der Waals surface area contributed by atoms with Gasteiger partial charge < -0.3 is 13.4 Å². The molecule has 11 aromatic rings. The van der Waals surface area contributed by atoms with E-state index in [0.717, 1.165) is 83.3 Å². The first-order valence-electron chi connectivity index (χ1n) is 23.4. The summed E-state index contributed by atoms with van der Waals surface area (Å²) in [7, 11) is 0. The van der Waals surface area contributed by atoms with Crippen LogP contribution in [0.2, 0.25) is 0 Å². The fourth-order valence-electron chi connectivity index (χ4n) is 8.74. The average Bonchev–Trinajstić information content (AvgIpc) is 4.03. The second-order valence-electron chi connectivity index (χ2n) is 18.0. The van der Waals surface area contributed by atoms with E-state index in [1.165, 1.54) is 0 Å². The van der Waals surface area contributed by atoms with Crippen molar-refractivity contribution in [3.63, 3.8) is 0 Å². The van der Waals surface area contributed by atoms with Gasteiger partial charge in [0.2, 0.25) is 0 Å². The van der Waals surface area contributed by atoms with Gasteiger partial charge in [-0.15, -0.1) is 54.1 Å². The van der Waals surface area contributed by atoms with Gasteiger partial charge in [-0.2, -0.15) is 0 Å². The van der Waals surface area contributed by atoms with Crippen LogP contribution in [-0.2, 0) is 25.5 Å². The predicted octanol–water partition coefficient (Wildman–Crippen LogP) is 15.8. The quantitative estimate of drug-likeness (QED) is 0.155. The van der Waals surface area contributed by atoms with Crippen LogP contribution in [0, 0.1) is 19.0 Å². The molecule has 65 heavy (non-hydrogen) atoms. The van der Waals surface area contributed by atoms with Crippen molar-refractivity contribution in [3.8, 4) is 39.6 Å². The first kappa shape index (κ1) is 39.9. The number of fused-ring (bicyclic) bond motifs is 8. The largest absolute Gasteiger partial charge is 0.500 e. The summed E-state index contributed by atoms with van der Waals surface area (Å²) in [5.74, 6) is 1.55. The summed E-state index contributed by atoms with van der Waals surface area (Å²) in [5, 5.41) is 3.79. The van der Waals surface area contributed by atoms with Gasteiger partial charge in [0.15, 0.2) is 0 Å². The van der Waals surface area contributed by atoms with Gasteiger partial charge in [0.1, 0.15) is 16.7 Å². The van der Waals surface area contributed by atoms with Crippen LogP contribution in [0.5, 0.6) is 0 Å². The van der Waals surface area contributed by atoms with Gasteiger partial charge in [-0.25, -0.2) is 0 Å².